The first-order valence-corrected chi connectivity index (χ1v) is 4.69. The number of methoxy groups -OCH3 is 1. The Balaban J connectivity index is 3.57. The highest BCUT2D eigenvalue weighted by Gasteiger charge is 2.05. The molecule has 0 saturated carbocycles. The van der Waals surface area contributed by atoms with E-state index in [1.54, 1.807) is 7.11 Å². The second kappa shape index (κ2) is 7.29. The number of rotatable bonds is 6. The number of ether oxygens (including phenoxy) is 1. The predicted molar refractivity (Wildman–Crippen MR) is 54.0 cm³/mol. The highest BCUT2D eigenvalue weighted by atomic mass is 16.5. The highest BCUT2D eigenvalue weighted by Crippen LogP contribution is 2.08. The van der Waals surface area contributed by atoms with Crippen LogP contribution < -0.4 is 0 Å². The highest BCUT2D eigenvalue weighted by molar-refractivity contribution is 5.81. The molecule has 1 unspecified atom stereocenters. The van der Waals surface area contributed by atoms with Gasteiger partial charge in [0.15, 0.2) is 0 Å². The fraction of sp³-hybridized carbons (Fsp3) is 0.900. The first-order valence-electron chi connectivity index (χ1n) is 4.69. The van der Waals surface area contributed by atoms with Gasteiger partial charge in [-0.15, -0.1) is 0 Å². The lowest BCUT2D eigenvalue weighted by Crippen LogP contribution is -2.11. The lowest BCUT2D eigenvalue weighted by atomic mass is 10.1. The number of hydrogen-bond acceptors (Lipinski definition) is 2. The van der Waals surface area contributed by atoms with Crippen molar-refractivity contribution in [1.82, 2.24) is 0 Å². The molecule has 0 fully saturated rings. The standard InChI is InChI=1S/C10H21NO/c1-5-6-10(12-4)8-7-9(2)11-3/h10H,5-8H2,1-4H3/b11-9-. The van der Waals surface area contributed by atoms with Crippen molar-refractivity contribution in [3.63, 3.8) is 0 Å². The topological polar surface area (TPSA) is 21.6 Å². The predicted octanol–water partition coefficient (Wildman–Crippen LogP) is 2.67. The Morgan fingerprint density at radius 1 is 1.42 bits per heavy atom. The van der Waals surface area contributed by atoms with Crippen molar-refractivity contribution < 1.29 is 4.74 Å². The summed E-state index contributed by atoms with van der Waals surface area (Å²) in [5.41, 5.74) is 1.22. The van der Waals surface area contributed by atoms with Crippen molar-refractivity contribution >= 4 is 5.71 Å². The number of nitrogens with zero attached hydrogens (tertiary/aromatic N) is 1. The van der Waals surface area contributed by atoms with Crippen LogP contribution in [0.3, 0.4) is 0 Å². The molecule has 0 aliphatic heterocycles. The Labute approximate surface area is 76.0 Å². The van der Waals surface area contributed by atoms with Crippen LogP contribution >= 0.6 is 0 Å². The molecule has 12 heavy (non-hydrogen) atoms. The normalized spacial score (nSPS) is 14.8. The van der Waals surface area contributed by atoms with Crippen LogP contribution in [0.1, 0.15) is 39.5 Å². The van der Waals surface area contributed by atoms with E-state index in [4.69, 9.17) is 4.74 Å². The Morgan fingerprint density at radius 3 is 2.50 bits per heavy atom. The van der Waals surface area contributed by atoms with Crippen molar-refractivity contribution in [2.75, 3.05) is 14.2 Å². The summed E-state index contributed by atoms with van der Waals surface area (Å²) >= 11 is 0. The smallest absolute Gasteiger partial charge is 0.0574 e. The fourth-order valence-electron chi connectivity index (χ4n) is 1.18. The summed E-state index contributed by atoms with van der Waals surface area (Å²) in [6.07, 6.45) is 4.95. The second-order valence-corrected chi connectivity index (χ2v) is 3.14. The number of hydrogen-bond donors (Lipinski definition) is 0. The molecule has 2 heteroatoms. The zero-order valence-electron chi connectivity index (χ0n) is 8.76. The Hall–Kier alpha value is -0.370. The van der Waals surface area contributed by atoms with E-state index in [-0.39, 0.29) is 0 Å². The van der Waals surface area contributed by atoms with Crippen LogP contribution in [0.4, 0.5) is 0 Å². The van der Waals surface area contributed by atoms with Gasteiger partial charge in [-0.3, -0.25) is 4.99 Å². The summed E-state index contributed by atoms with van der Waals surface area (Å²) in [6, 6.07) is 0. The molecule has 0 spiro atoms. The lowest BCUT2D eigenvalue weighted by molar-refractivity contribution is 0.0891. The molecule has 0 radical (unpaired) electrons. The van der Waals surface area contributed by atoms with Crippen LogP contribution in [0.15, 0.2) is 4.99 Å². The first kappa shape index (κ1) is 11.6. The third-order valence-electron chi connectivity index (χ3n) is 2.15. The summed E-state index contributed by atoms with van der Waals surface area (Å²) in [5.74, 6) is 0. The van der Waals surface area contributed by atoms with Crippen LogP contribution in [0.25, 0.3) is 0 Å². The molecule has 0 rings (SSSR count). The molecule has 0 saturated heterocycles. The maximum Gasteiger partial charge on any atom is 0.0574 e. The van der Waals surface area contributed by atoms with Gasteiger partial charge in [-0.1, -0.05) is 13.3 Å². The van der Waals surface area contributed by atoms with Crippen LogP contribution in [0, 0.1) is 0 Å². The second-order valence-electron chi connectivity index (χ2n) is 3.14. The molecular formula is C10H21NO. The Bertz CT molecular complexity index is 132. The van der Waals surface area contributed by atoms with Crippen LogP contribution in [-0.2, 0) is 4.74 Å². The van der Waals surface area contributed by atoms with Gasteiger partial charge in [-0.2, -0.15) is 0 Å². The van der Waals surface area contributed by atoms with Gasteiger partial charge in [-0.05, 0) is 26.2 Å². The molecule has 0 aliphatic carbocycles. The van der Waals surface area contributed by atoms with Gasteiger partial charge in [0, 0.05) is 19.9 Å². The zero-order chi connectivity index (χ0) is 9.40. The monoisotopic (exact) mass is 171 g/mol. The quantitative estimate of drug-likeness (QED) is 0.563. The summed E-state index contributed by atoms with van der Waals surface area (Å²) in [6.45, 7) is 4.26. The van der Waals surface area contributed by atoms with Gasteiger partial charge in [-0.25, -0.2) is 0 Å². The van der Waals surface area contributed by atoms with E-state index in [1.807, 2.05) is 7.05 Å². The van der Waals surface area contributed by atoms with E-state index >= 15 is 0 Å². The van der Waals surface area contributed by atoms with E-state index in [0.29, 0.717) is 6.10 Å². The van der Waals surface area contributed by atoms with Gasteiger partial charge >= 0.3 is 0 Å². The van der Waals surface area contributed by atoms with Crippen molar-refractivity contribution in [1.29, 1.82) is 0 Å². The third-order valence-corrected chi connectivity index (χ3v) is 2.15. The van der Waals surface area contributed by atoms with Crippen molar-refractivity contribution in [3.05, 3.63) is 0 Å². The minimum Gasteiger partial charge on any atom is -0.381 e. The molecular weight excluding hydrogens is 150 g/mol. The minimum atomic E-state index is 0.423. The molecule has 2 nitrogen and oxygen atoms in total. The molecule has 0 aliphatic rings. The van der Waals surface area contributed by atoms with E-state index in [9.17, 15) is 0 Å². The molecule has 72 valence electrons. The molecule has 0 amide bonds. The van der Waals surface area contributed by atoms with E-state index < -0.39 is 0 Å². The summed E-state index contributed by atoms with van der Waals surface area (Å²) in [4.78, 5) is 4.12. The van der Waals surface area contributed by atoms with Crippen molar-refractivity contribution in [3.8, 4) is 0 Å². The first-order chi connectivity index (χ1) is 5.74. The lowest BCUT2D eigenvalue weighted by Gasteiger charge is -2.13. The molecule has 1 atom stereocenters. The van der Waals surface area contributed by atoms with Crippen molar-refractivity contribution in [2.24, 2.45) is 4.99 Å². The minimum absolute atomic E-state index is 0.423. The molecule has 0 heterocycles. The molecule has 0 aromatic heterocycles. The molecule has 0 N–H and O–H groups in total. The van der Waals surface area contributed by atoms with Gasteiger partial charge in [0.05, 0.1) is 6.10 Å². The van der Waals surface area contributed by atoms with Crippen LogP contribution in [0.5, 0.6) is 0 Å². The van der Waals surface area contributed by atoms with Gasteiger partial charge < -0.3 is 4.74 Å². The van der Waals surface area contributed by atoms with Gasteiger partial charge in [0.1, 0.15) is 0 Å². The zero-order valence-corrected chi connectivity index (χ0v) is 8.76. The molecule has 0 bridgehead atoms. The maximum absolute atomic E-state index is 5.33. The fourth-order valence-corrected chi connectivity index (χ4v) is 1.18. The maximum atomic E-state index is 5.33. The number of aliphatic imine (C=N–C) groups is 1. The molecule has 0 aromatic rings. The Morgan fingerprint density at radius 2 is 2.08 bits per heavy atom. The molecule has 0 aromatic carbocycles. The van der Waals surface area contributed by atoms with E-state index in [0.717, 1.165) is 19.3 Å². The van der Waals surface area contributed by atoms with Crippen LogP contribution in [-0.4, -0.2) is 26.0 Å². The summed E-state index contributed by atoms with van der Waals surface area (Å²) < 4.78 is 5.33. The van der Waals surface area contributed by atoms with E-state index in [2.05, 4.69) is 18.8 Å². The largest absolute Gasteiger partial charge is 0.381 e. The average Bonchev–Trinajstić information content (AvgIpc) is 2.11. The van der Waals surface area contributed by atoms with Crippen molar-refractivity contribution in [2.45, 2.75) is 45.6 Å². The SMILES string of the molecule is CCCC(CC/C(C)=N\C)OC. The summed E-state index contributed by atoms with van der Waals surface area (Å²) in [7, 11) is 3.63. The summed E-state index contributed by atoms with van der Waals surface area (Å²) in [5, 5.41) is 0. The van der Waals surface area contributed by atoms with Crippen LogP contribution in [0.2, 0.25) is 0 Å². The Kier molecular flexibility index (Phi) is 7.06. The van der Waals surface area contributed by atoms with Gasteiger partial charge in [0.25, 0.3) is 0 Å². The van der Waals surface area contributed by atoms with E-state index in [1.165, 1.54) is 12.1 Å². The third kappa shape index (κ3) is 5.30. The average molecular weight is 171 g/mol. The van der Waals surface area contributed by atoms with Gasteiger partial charge in [0.2, 0.25) is 0 Å².